The number of ether oxygens (including phenoxy) is 1. The molecule has 0 unspecified atom stereocenters. The molecule has 1 amide bonds. The van der Waals surface area contributed by atoms with Crippen molar-refractivity contribution in [3.05, 3.63) is 99.5 Å². The standard InChI is InChI=1S/C26H20F3N3O4/c1-15-6-11-20-24(35)21(23(34)16-7-9-19(36-2)10-8-16)13-32(25(20)30-15)14-22(33)31-18-5-3-4-17(12-18)26(27,28)29/h3-13H,14H2,1-2H3,(H,31,33). The molecule has 7 nitrogen and oxygen atoms in total. The van der Waals surface area contributed by atoms with Crippen LogP contribution in [0.25, 0.3) is 11.0 Å². The van der Waals surface area contributed by atoms with E-state index in [4.69, 9.17) is 4.74 Å². The van der Waals surface area contributed by atoms with E-state index in [0.29, 0.717) is 11.4 Å². The number of hydrogen-bond donors (Lipinski definition) is 1. The highest BCUT2D eigenvalue weighted by Gasteiger charge is 2.30. The van der Waals surface area contributed by atoms with Gasteiger partial charge in [-0.25, -0.2) is 4.98 Å². The molecule has 0 fully saturated rings. The highest BCUT2D eigenvalue weighted by molar-refractivity contribution is 6.10. The highest BCUT2D eigenvalue weighted by atomic mass is 19.4. The lowest BCUT2D eigenvalue weighted by atomic mass is 10.0. The van der Waals surface area contributed by atoms with Crippen LogP contribution in [0.15, 0.2) is 71.7 Å². The lowest BCUT2D eigenvalue weighted by Crippen LogP contribution is -2.25. The van der Waals surface area contributed by atoms with Gasteiger partial charge in [0.15, 0.2) is 5.78 Å². The average molecular weight is 495 g/mol. The van der Waals surface area contributed by atoms with Gasteiger partial charge >= 0.3 is 6.18 Å². The van der Waals surface area contributed by atoms with Crippen molar-refractivity contribution >= 4 is 28.4 Å². The first-order valence-electron chi connectivity index (χ1n) is 10.7. The zero-order valence-electron chi connectivity index (χ0n) is 19.2. The second kappa shape index (κ2) is 9.65. The zero-order valence-corrected chi connectivity index (χ0v) is 19.2. The first kappa shape index (κ1) is 24.6. The number of benzene rings is 2. The summed E-state index contributed by atoms with van der Waals surface area (Å²) in [5.74, 6) is -0.684. The number of amides is 1. The van der Waals surface area contributed by atoms with E-state index in [0.717, 1.165) is 12.1 Å². The quantitative estimate of drug-likeness (QED) is 0.395. The molecule has 184 valence electrons. The Balaban J connectivity index is 1.71. The van der Waals surface area contributed by atoms with Crippen LogP contribution < -0.4 is 15.5 Å². The summed E-state index contributed by atoms with van der Waals surface area (Å²) in [5.41, 5.74) is -0.684. The number of ketones is 1. The number of pyridine rings is 2. The Morgan fingerprint density at radius 1 is 1.06 bits per heavy atom. The van der Waals surface area contributed by atoms with Crippen molar-refractivity contribution < 1.29 is 27.5 Å². The van der Waals surface area contributed by atoms with E-state index in [1.807, 2.05) is 0 Å². The molecule has 10 heteroatoms. The van der Waals surface area contributed by atoms with Crippen LogP contribution in [0.1, 0.15) is 27.2 Å². The second-order valence-electron chi connectivity index (χ2n) is 8.01. The molecule has 2 aromatic carbocycles. The summed E-state index contributed by atoms with van der Waals surface area (Å²) in [6.45, 7) is 1.31. The summed E-state index contributed by atoms with van der Waals surface area (Å²) in [7, 11) is 1.48. The number of anilines is 1. The summed E-state index contributed by atoms with van der Waals surface area (Å²) in [5, 5.41) is 2.56. The average Bonchev–Trinajstić information content (AvgIpc) is 2.85. The molecular weight excluding hydrogens is 475 g/mol. The van der Waals surface area contributed by atoms with E-state index in [9.17, 15) is 27.6 Å². The van der Waals surface area contributed by atoms with Crippen LogP contribution in [0.3, 0.4) is 0 Å². The van der Waals surface area contributed by atoms with Gasteiger partial charge in [-0.1, -0.05) is 6.07 Å². The van der Waals surface area contributed by atoms with Crippen LogP contribution in [0.2, 0.25) is 0 Å². The fourth-order valence-electron chi connectivity index (χ4n) is 3.67. The third-order valence-electron chi connectivity index (χ3n) is 5.45. The number of hydrogen-bond acceptors (Lipinski definition) is 5. The topological polar surface area (TPSA) is 90.3 Å². The zero-order chi connectivity index (χ0) is 26.0. The Hall–Kier alpha value is -4.47. The maximum Gasteiger partial charge on any atom is 0.416 e. The normalized spacial score (nSPS) is 11.4. The van der Waals surface area contributed by atoms with Crippen LogP contribution >= 0.6 is 0 Å². The molecule has 4 aromatic rings. The van der Waals surface area contributed by atoms with Gasteiger partial charge in [-0.3, -0.25) is 14.4 Å². The van der Waals surface area contributed by atoms with Crippen molar-refractivity contribution in [3.63, 3.8) is 0 Å². The van der Waals surface area contributed by atoms with Gasteiger partial charge in [0.1, 0.15) is 17.9 Å². The Morgan fingerprint density at radius 3 is 2.44 bits per heavy atom. The van der Waals surface area contributed by atoms with Gasteiger partial charge in [-0.15, -0.1) is 0 Å². The van der Waals surface area contributed by atoms with Gasteiger partial charge in [0.2, 0.25) is 11.3 Å². The Bertz CT molecular complexity index is 1530. The molecule has 0 bridgehead atoms. The summed E-state index contributed by atoms with van der Waals surface area (Å²) >= 11 is 0. The molecule has 2 aromatic heterocycles. The molecule has 0 radical (unpaired) electrons. The number of alkyl halides is 3. The molecule has 36 heavy (non-hydrogen) atoms. The van der Waals surface area contributed by atoms with E-state index in [2.05, 4.69) is 10.3 Å². The first-order chi connectivity index (χ1) is 17.1. The minimum Gasteiger partial charge on any atom is -0.497 e. The number of methoxy groups -OCH3 is 1. The Morgan fingerprint density at radius 2 is 1.78 bits per heavy atom. The number of aromatic nitrogens is 2. The van der Waals surface area contributed by atoms with Crippen LogP contribution in [-0.4, -0.2) is 28.4 Å². The predicted octanol–water partition coefficient (Wildman–Crippen LogP) is 4.60. The van der Waals surface area contributed by atoms with E-state index < -0.39 is 35.4 Å². The molecule has 1 N–H and O–H groups in total. The Labute approximate surface area is 203 Å². The van der Waals surface area contributed by atoms with Gasteiger partial charge in [0.25, 0.3) is 0 Å². The van der Waals surface area contributed by atoms with Crippen LogP contribution in [0, 0.1) is 6.92 Å². The lowest BCUT2D eigenvalue weighted by molar-refractivity contribution is -0.137. The Kier molecular flexibility index (Phi) is 6.61. The number of nitrogens with zero attached hydrogens (tertiary/aromatic N) is 2. The monoisotopic (exact) mass is 495 g/mol. The van der Waals surface area contributed by atoms with Crippen molar-refractivity contribution in [1.29, 1.82) is 0 Å². The second-order valence-corrected chi connectivity index (χ2v) is 8.01. The van der Waals surface area contributed by atoms with Gasteiger partial charge < -0.3 is 14.6 Å². The largest absolute Gasteiger partial charge is 0.497 e. The summed E-state index contributed by atoms with van der Waals surface area (Å²) < 4.78 is 45.5. The molecular formula is C26H20F3N3O4. The maximum atomic E-state index is 13.2. The summed E-state index contributed by atoms with van der Waals surface area (Å²) in [6.07, 6.45) is -3.32. The minimum absolute atomic E-state index is 0.0427. The number of rotatable bonds is 6. The van der Waals surface area contributed by atoms with Crippen LogP contribution in [-0.2, 0) is 17.5 Å². The molecule has 0 aliphatic rings. The van der Waals surface area contributed by atoms with Gasteiger partial charge in [0.05, 0.1) is 23.6 Å². The SMILES string of the molecule is COc1ccc(C(=O)c2cn(CC(=O)Nc3cccc(C(F)(F)F)c3)c3nc(C)ccc3c2=O)cc1. The molecule has 2 heterocycles. The van der Waals surface area contributed by atoms with E-state index in [-0.39, 0.29) is 27.8 Å². The minimum atomic E-state index is -4.56. The molecule has 4 rings (SSSR count). The van der Waals surface area contributed by atoms with Crippen LogP contribution in [0.4, 0.5) is 18.9 Å². The number of nitrogens with one attached hydrogen (secondary N) is 1. The highest BCUT2D eigenvalue weighted by Crippen LogP contribution is 2.30. The van der Waals surface area contributed by atoms with Crippen molar-refractivity contribution in [1.82, 2.24) is 9.55 Å². The molecule has 0 saturated heterocycles. The molecule has 0 atom stereocenters. The summed E-state index contributed by atoms with van der Waals surface area (Å²) in [6, 6.07) is 13.6. The summed E-state index contributed by atoms with van der Waals surface area (Å²) in [4.78, 5) is 43.4. The van der Waals surface area contributed by atoms with Crippen molar-refractivity contribution in [2.24, 2.45) is 0 Å². The number of carbonyl (C=O) groups is 2. The molecule has 0 spiro atoms. The lowest BCUT2D eigenvalue weighted by Gasteiger charge is -2.14. The van der Waals surface area contributed by atoms with E-state index in [1.54, 1.807) is 25.1 Å². The number of halogens is 3. The molecule has 0 saturated carbocycles. The van der Waals surface area contributed by atoms with E-state index in [1.165, 1.54) is 48.2 Å². The number of carbonyl (C=O) groups excluding carboxylic acids is 2. The first-order valence-corrected chi connectivity index (χ1v) is 10.7. The van der Waals surface area contributed by atoms with Crippen LogP contribution in [0.5, 0.6) is 5.75 Å². The predicted molar refractivity (Wildman–Crippen MR) is 127 cm³/mol. The van der Waals surface area contributed by atoms with E-state index >= 15 is 0 Å². The smallest absolute Gasteiger partial charge is 0.416 e. The number of fused-ring (bicyclic) bond motifs is 1. The fourth-order valence-corrected chi connectivity index (χ4v) is 3.67. The van der Waals surface area contributed by atoms with Crippen molar-refractivity contribution in [3.8, 4) is 5.75 Å². The van der Waals surface area contributed by atoms with Crippen molar-refractivity contribution in [2.75, 3.05) is 12.4 Å². The molecule has 0 aliphatic carbocycles. The third-order valence-corrected chi connectivity index (χ3v) is 5.45. The van der Waals surface area contributed by atoms with Gasteiger partial charge in [-0.2, -0.15) is 13.2 Å². The van der Waals surface area contributed by atoms with Gasteiger partial charge in [0, 0.05) is 23.1 Å². The molecule has 0 aliphatic heterocycles. The maximum absolute atomic E-state index is 13.2. The van der Waals surface area contributed by atoms with Crippen molar-refractivity contribution in [2.45, 2.75) is 19.6 Å². The fraction of sp³-hybridized carbons (Fsp3) is 0.154. The third kappa shape index (κ3) is 5.12. The number of aryl methyl sites for hydroxylation is 1. The van der Waals surface area contributed by atoms with Gasteiger partial charge in [-0.05, 0) is 61.5 Å².